The van der Waals surface area contributed by atoms with Crippen molar-refractivity contribution < 1.29 is 4.74 Å². The fourth-order valence-corrected chi connectivity index (χ4v) is 1.76. The molecule has 0 saturated heterocycles. The summed E-state index contributed by atoms with van der Waals surface area (Å²) in [5, 5.41) is 4.13. The maximum atomic E-state index is 5.38. The molecular formula is C15H18N4O. The Hall–Kier alpha value is -2.43. The van der Waals surface area contributed by atoms with Crippen molar-refractivity contribution in [2.24, 2.45) is 5.10 Å². The van der Waals surface area contributed by atoms with Crippen molar-refractivity contribution in [2.45, 2.75) is 20.8 Å². The zero-order valence-corrected chi connectivity index (χ0v) is 11.9. The molecular weight excluding hydrogens is 252 g/mol. The van der Waals surface area contributed by atoms with Gasteiger partial charge in [0, 0.05) is 11.4 Å². The Morgan fingerprint density at radius 1 is 1.15 bits per heavy atom. The van der Waals surface area contributed by atoms with E-state index in [1.807, 2.05) is 51.1 Å². The van der Waals surface area contributed by atoms with Crippen LogP contribution in [0.5, 0.6) is 5.75 Å². The zero-order chi connectivity index (χ0) is 14.4. The largest absolute Gasteiger partial charge is 0.494 e. The standard InChI is InChI=1S/C15H18N4O/c1-4-20-14-7-5-13(6-8-14)10-16-19-15-17-11(2)9-12(3)18-15/h5-10H,4H2,1-3H3,(H,17,18,19)/b16-10-. The van der Waals surface area contributed by atoms with E-state index < -0.39 is 0 Å². The maximum absolute atomic E-state index is 5.38. The average Bonchev–Trinajstić information content (AvgIpc) is 2.40. The van der Waals surface area contributed by atoms with Crippen LogP contribution >= 0.6 is 0 Å². The Balaban J connectivity index is 1.98. The van der Waals surface area contributed by atoms with Gasteiger partial charge in [0.15, 0.2) is 0 Å². The van der Waals surface area contributed by atoms with E-state index in [9.17, 15) is 0 Å². The summed E-state index contributed by atoms with van der Waals surface area (Å²) in [6.45, 7) is 6.48. The van der Waals surface area contributed by atoms with E-state index in [1.54, 1.807) is 6.21 Å². The predicted molar refractivity (Wildman–Crippen MR) is 80.3 cm³/mol. The minimum absolute atomic E-state index is 0.504. The number of rotatable bonds is 5. The SMILES string of the molecule is CCOc1ccc(/C=N\Nc2nc(C)cc(C)n2)cc1. The van der Waals surface area contributed by atoms with Crippen molar-refractivity contribution in [1.82, 2.24) is 9.97 Å². The molecule has 5 nitrogen and oxygen atoms in total. The molecule has 104 valence electrons. The Morgan fingerprint density at radius 2 is 1.80 bits per heavy atom. The van der Waals surface area contributed by atoms with Crippen LogP contribution in [0.3, 0.4) is 0 Å². The van der Waals surface area contributed by atoms with Crippen molar-refractivity contribution >= 4 is 12.2 Å². The van der Waals surface area contributed by atoms with Crippen LogP contribution in [0.15, 0.2) is 35.4 Å². The number of benzene rings is 1. The number of anilines is 1. The molecule has 0 saturated carbocycles. The fourth-order valence-electron chi connectivity index (χ4n) is 1.76. The Kier molecular flexibility index (Phi) is 4.65. The third-order valence-electron chi connectivity index (χ3n) is 2.55. The first-order chi connectivity index (χ1) is 9.67. The third kappa shape index (κ3) is 4.05. The molecule has 1 N–H and O–H groups in total. The van der Waals surface area contributed by atoms with Crippen LogP contribution in [0.2, 0.25) is 0 Å². The van der Waals surface area contributed by atoms with Gasteiger partial charge < -0.3 is 4.74 Å². The molecule has 20 heavy (non-hydrogen) atoms. The van der Waals surface area contributed by atoms with Gasteiger partial charge in [-0.25, -0.2) is 15.4 Å². The summed E-state index contributed by atoms with van der Waals surface area (Å²) in [4.78, 5) is 8.50. The van der Waals surface area contributed by atoms with Crippen molar-refractivity contribution in [1.29, 1.82) is 0 Å². The first kappa shape index (κ1) is 14.0. The van der Waals surface area contributed by atoms with Gasteiger partial charge in [-0.3, -0.25) is 0 Å². The molecule has 2 aromatic rings. The van der Waals surface area contributed by atoms with Crippen LogP contribution in [-0.2, 0) is 0 Å². The summed E-state index contributed by atoms with van der Waals surface area (Å²) in [7, 11) is 0. The molecule has 2 rings (SSSR count). The molecule has 0 aliphatic heterocycles. The highest BCUT2D eigenvalue weighted by Gasteiger charge is 1.97. The summed E-state index contributed by atoms with van der Waals surface area (Å²) in [6, 6.07) is 9.63. The lowest BCUT2D eigenvalue weighted by Gasteiger charge is -2.03. The van der Waals surface area contributed by atoms with Crippen molar-refractivity contribution in [3.05, 3.63) is 47.3 Å². The van der Waals surface area contributed by atoms with Gasteiger partial charge in [-0.15, -0.1) is 0 Å². The van der Waals surface area contributed by atoms with Crippen LogP contribution in [-0.4, -0.2) is 22.8 Å². The number of aromatic nitrogens is 2. The number of hydrogen-bond donors (Lipinski definition) is 1. The van der Waals surface area contributed by atoms with E-state index in [4.69, 9.17) is 4.74 Å². The second kappa shape index (κ2) is 6.65. The zero-order valence-electron chi connectivity index (χ0n) is 11.9. The van der Waals surface area contributed by atoms with Crippen LogP contribution in [0.4, 0.5) is 5.95 Å². The summed E-state index contributed by atoms with van der Waals surface area (Å²) in [5.41, 5.74) is 5.63. The molecule has 0 bridgehead atoms. The van der Waals surface area contributed by atoms with Gasteiger partial charge in [0.1, 0.15) is 5.75 Å². The Bertz CT molecular complexity index is 573. The number of nitrogens with one attached hydrogen (secondary N) is 1. The predicted octanol–water partition coefficient (Wildman–Crippen LogP) is 2.94. The molecule has 1 aromatic carbocycles. The van der Waals surface area contributed by atoms with Crippen molar-refractivity contribution in [3.8, 4) is 5.75 Å². The maximum Gasteiger partial charge on any atom is 0.243 e. The summed E-state index contributed by atoms with van der Waals surface area (Å²) >= 11 is 0. The van der Waals surface area contributed by atoms with Gasteiger partial charge in [-0.1, -0.05) is 0 Å². The molecule has 5 heteroatoms. The molecule has 0 atom stereocenters. The van der Waals surface area contributed by atoms with E-state index in [2.05, 4.69) is 20.5 Å². The van der Waals surface area contributed by atoms with Crippen LogP contribution < -0.4 is 10.2 Å². The van der Waals surface area contributed by atoms with Gasteiger partial charge in [0.25, 0.3) is 0 Å². The van der Waals surface area contributed by atoms with Crippen LogP contribution in [0, 0.1) is 13.8 Å². The first-order valence-electron chi connectivity index (χ1n) is 6.51. The minimum atomic E-state index is 0.504. The molecule has 0 unspecified atom stereocenters. The van der Waals surface area contributed by atoms with Crippen LogP contribution in [0.25, 0.3) is 0 Å². The van der Waals surface area contributed by atoms with E-state index in [1.165, 1.54) is 0 Å². The van der Waals surface area contributed by atoms with Crippen molar-refractivity contribution in [3.63, 3.8) is 0 Å². The van der Waals surface area contributed by atoms with Crippen molar-refractivity contribution in [2.75, 3.05) is 12.0 Å². The molecule has 0 fully saturated rings. The molecule has 0 aliphatic rings. The quantitative estimate of drug-likeness (QED) is 0.670. The Labute approximate surface area is 118 Å². The van der Waals surface area contributed by atoms with Gasteiger partial charge in [-0.05, 0) is 56.7 Å². The second-order valence-corrected chi connectivity index (χ2v) is 4.35. The molecule has 0 radical (unpaired) electrons. The number of ether oxygens (including phenoxy) is 1. The second-order valence-electron chi connectivity index (χ2n) is 4.35. The molecule has 1 aromatic heterocycles. The molecule has 0 aliphatic carbocycles. The normalized spacial score (nSPS) is 10.8. The highest BCUT2D eigenvalue weighted by atomic mass is 16.5. The fraction of sp³-hybridized carbons (Fsp3) is 0.267. The summed E-state index contributed by atoms with van der Waals surface area (Å²) < 4.78 is 5.38. The average molecular weight is 270 g/mol. The topological polar surface area (TPSA) is 59.4 Å². The Morgan fingerprint density at radius 3 is 2.40 bits per heavy atom. The smallest absolute Gasteiger partial charge is 0.243 e. The van der Waals surface area contributed by atoms with E-state index in [0.29, 0.717) is 12.6 Å². The van der Waals surface area contributed by atoms with Gasteiger partial charge >= 0.3 is 0 Å². The molecule has 0 amide bonds. The van der Waals surface area contributed by atoms with Gasteiger partial charge in [0.2, 0.25) is 5.95 Å². The highest BCUT2D eigenvalue weighted by molar-refractivity contribution is 5.80. The molecule has 0 spiro atoms. The summed E-state index contributed by atoms with van der Waals surface area (Å²) in [6.07, 6.45) is 1.72. The van der Waals surface area contributed by atoms with Crippen LogP contribution in [0.1, 0.15) is 23.9 Å². The number of nitrogens with zero attached hydrogens (tertiary/aromatic N) is 3. The lowest BCUT2D eigenvalue weighted by Crippen LogP contribution is -1.99. The third-order valence-corrected chi connectivity index (χ3v) is 2.55. The lowest BCUT2D eigenvalue weighted by atomic mass is 10.2. The number of hydrogen-bond acceptors (Lipinski definition) is 5. The lowest BCUT2D eigenvalue weighted by molar-refractivity contribution is 0.340. The van der Waals surface area contributed by atoms with Gasteiger partial charge in [0.05, 0.1) is 12.8 Å². The van der Waals surface area contributed by atoms with Gasteiger partial charge in [-0.2, -0.15) is 5.10 Å². The first-order valence-corrected chi connectivity index (χ1v) is 6.51. The van der Waals surface area contributed by atoms with E-state index >= 15 is 0 Å². The summed E-state index contributed by atoms with van der Waals surface area (Å²) in [5.74, 6) is 1.36. The van der Waals surface area contributed by atoms with E-state index in [0.717, 1.165) is 22.7 Å². The number of aryl methyl sites for hydroxylation is 2. The number of hydrazone groups is 1. The highest BCUT2D eigenvalue weighted by Crippen LogP contribution is 2.11. The molecule has 1 heterocycles. The minimum Gasteiger partial charge on any atom is -0.494 e. The monoisotopic (exact) mass is 270 g/mol. The van der Waals surface area contributed by atoms with E-state index in [-0.39, 0.29) is 0 Å².